The van der Waals surface area contributed by atoms with E-state index in [2.05, 4.69) is 15.5 Å². The van der Waals surface area contributed by atoms with E-state index in [0.717, 1.165) is 5.69 Å². The van der Waals surface area contributed by atoms with Crippen LogP contribution < -0.4 is 5.32 Å². The molecule has 1 aromatic heterocycles. The number of ether oxygens (including phenoxy) is 1. The van der Waals surface area contributed by atoms with Crippen LogP contribution in [0.1, 0.15) is 17.3 Å². The molecule has 5 nitrogen and oxygen atoms in total. The van der Waals surface area contributed by atoms with E-state index >= 15 is 0 Å². The fraction of sp³-hybridized carbons (Fsp3) is 0.429. The Balaban J connectivity index is 1.73. The first-order valence-corrected chi connectivity index (χ1v) is 6.61. The number of alkyl halides is 2. The minimum Gasteiger partial charge on any atom is -0.376 e. The smallest absolute Gasteiger partial charge is 0.261 e. The Labute approximate surface area is 121 Å². The number of rotatable bonds is 8. The molecule has 0 saturated carbocycles. The minimum atomic E-state index is -2.45. The lowest BCUT2D eigenvalue weighted by Gasteiger charge is -2.02. The van der Waals surface area contributed by atoms with Crippen LogP contribution in [0.4, 0.5) is 14.5 Å². The summed E-state index contributed by atoms with van der Waals surface area (Å²) in [5.74, 6) is 0.893. The number of benzene rings is 1. The molecule has 0 amide bonds. The van der Waals surface area contributed by atoms with Gasteiger partial charge in [-0.2, -0.15) is 4.98 Å². The quantitative estimate of drug-likeness (QED) is 0.759. The summed E-state index contributed by atoms with van der Waals surface area (Å²) in [5.41, 5.74) is 2.14. The van der Waals surface area contributed by atoms with Crippen molar-refractivity contribution in [3.63, 3.8) is 0 Å². The molecule has 0 aliphatic heterocycles. The van der Waals surface area contributed by atoms with Gasteiger partial charge in [0.2, 0.25) is 5.89 Å². The zero-order valence-electron chi connectivity index (χ0n) is 11.7. The van der Waals surface area contributed by atoms with Crippen LogP contribution in [0.2, 0.25) is 0 Å². The second kappa shape index (κ2) is 7.68. The highest BCUT2D eigenvalue weighted by atomic mass is 19.3. The molecule has 114 valence electrons. The van der Waals surface area contributed by atoms with Gasteiger partial charge in [0.15, 0.2) is 5.82 Å². The number of nitrogens with zero attached hydrogens (tertiary/aromatic N) is 2. The summed E-state index contributed by atoms with van der Waals surface area (Å²) in [6.07, 6.45) is -2.11. The molecule has 0 atom stereocenters. The van der Waals surface area contributed by atoms with Crippen molar-refractivity contribution in [2.45, 2.75) is 26.3 Å². The second-order valence-corrected chi connectivity index (χ2v) is 4.54. The Bertz CT molecular complexity index is 543. The minimum absolute atomic E-state index is 0.148. The summed E-state index contributed by atoms with van der Waals surface area (Å²) in [4.78, 5) is 4.15. The molecule has 0 bridgehead atoms. The lowest BCUT2D eigenvalue weighted by atomic mass is 10.2. The predicted octanol–water partition coefficient (Wildman–Crippen LogP) is 2.81. The molecule has 2 rings (SSSR count). The number of hydrogen-bond donors (Lipinski definition) is 1. The van der Waals surface area contributed by atoms with Crippen molar-refractivity contribution in [3.8, 4) is 0 Å². The molecule has 1 aromatic carbocycles. The molecule has 7 heteroatoms. The number of aryl methyl sites for hydroxylation is 1. The summed E-state index contributed by atoms with van der Waals surface area (Å²) in [6.45, 7) is 2.01. The maximum atomic E-state index is 11.9. The van der Waals surface area contributed by atoms with Gasteiger partial charge in [-0.3, -0.25) is 0 Å². The fourth-order valence-corrected chi connectivity index (χ4v) is 1.65. The SMILES string of the molecule is Cc1ccc(NCc2nc(CCOCC(F)F)no2)cc1. The van der Waals surface area contributed by atoms with Gasteiger partial charge in [-0.25, -0.2) is 8.78 Å². The van der Waals surface area contributed by atoms with Gasteiger partial charge in [-0.1, -0.05) is 22.9 Å². The highest BCUT2D eigenvalue weighted by Crippen LogP contribution is 2.10. The zero-order valence-corrected chi connectivity index (χ0v) is 11.7. The molecule has 0 unspecified atom stereocenters. The van der Waals surface area contributed by atoms with Gasteiger partial charge in [0.1, 0.15) is 6.61 Å². The number of nitrogens with one attached hydrogen (secondary N) is 1. The van der Waals surface area contributed by atoms with Gasteiger partial charge in [0.25, 0.3) is 6.43 Å². The van der Waals surface area contributed by atoms with Crippen molar-refractivity contribution in [2.75, 3.05) is 18.5 Å². The molecule has 1 N–H and O–H groups in total. The summed E-state index contributed by atoms with van der Waals surface area (Å²) >= 11 is 0. The number of aromatic nitrogens is 2. The maximum Gasteiger partial charge on any atom is 0.261 e. The number of anilines is 1. The maximum absolute atomic E-state index is 11.9. The normalized spacial score (nSPS) is 11.0. The molecular weight excluding hydrogens is 280 g/mol. The van der Waals surface area contributed by atoms with Crippen LogP contribution in [-0.4, -0.2) is 29.8 Å². The molecular formula is C14H17F2N3O2. The van der Waals surface area contributed by atoms with Crippen LogP contribution in [0, 0.1) is 6.92 Å². The van der Waals surface area contributed by atoms with Crippen LogP contribution in [-0.2, 0) is 17.7 Å². The van der Waals surface area contributed by atoms with Crippen molar-refractivity contribution >= 4 is 5.69 Å². The van der Waals surface area contributed by atoms with Crippen molar-refractivity contribution in [1.82, 2.24) is 10.1 Å². The van der Waals surface area contributed by atoms with E-state index < -0.39 is 13.0 Å². The van der Waals surface area contributed by atoms with Crippen LogP contribution in [0.25, 0.3) is 0 Å². The van der Waals surface area contributed by atoms with Crippen molar-refractivity contribution in [2.24, 2.45) is 0 Å². The average Bonchev–Trinajstić information content (AvgIpc) is 2.91. The van der Waals surface area contributed by atoms with E-state index in [9.17, 15) is 8.78 Å². The first-order chi connectivity index (χ1) is 10.1. The zero-order chi connectivity index (χ0) is 15.1. The Kier molecular flexibility index (Phi) is 5.62. The molecule has 0 spiro atoms. The molecule has 0 fully saturated rings. The van der Waals surface area contributed by atoms with Gasteiger partial charge < -0.3 is 14.6 Å². The van der Waals surface area contributed by atoms with Crippen LogP contribution in [0.3, 0.4) is 0 Å². The van der Waals surface area contributed by atoms with E-state index in [1.165, 1.54) is 5.56 Å². The second-order valence-electron chi connectivity index (χ2n) is 4.54. The van der Waals surface area contributed by atoms with Crippen molar-refractivity contribution in [1.29, 1.82) is 0 Å². The molecule has 0 radical (unpaired) electrons. The summed E-state index contributed by atoms with van der Waals surface area (Å²) in [7, 11) is 0. The first-order valence-electron chi connectivity index (χ1n) is 6.61. The van der Waals surface area contributed by atoms with Gasteiger partial charge in [0.05, 0.1) is 13.2 Å². The number of halogens is 2. The molecule has 0 aliphatic carbocycles. The summed E-state index contributed by atoms with van der Waals surface area (Å²) in [6, 6.07) is 7.93. The Morgan fingerprint density at radius 1 is 1.29 bits per heavy atom. The summed E-state index contributed by atoms with van der Waals surface area (Å²) < 4.78 is 33.6. The van der Waals surface area contributed by atoms with E-state index in [-0.39, 0.29) is 6.61 Å². The first kappa shape index (κ1) is 15.4. The predicted molar refractivity (Wildman–Crippen MR) is 73.3 cm³/mol. The largest absolute Gasteiger partial charge is 0.376 e. The lowest BCUT2D eigenvalue weighted by Crippen LogP contribution is -2.07. The standard InChI is InChI=1S/C14H17F2N3O2/c1-10-2-4-11(5-3-10)17-8-14-18-13(19-21-14)6-7-20-9-12(15)16/h2-5,12,17H,6-9H2,1H3. The van der Waals surface area contributed by atoms with E-state index in [4.69, 9.17) is 9.26 Å². The van der Waals surface area contributed by atoms with E-state index in [1.54, 1.807) is 0 Å². The average molecular weight is 297 g/mol. The summed E-state index contributed by atoms with van der Waals surface area (Å²) in [5, 5.41) is 6.92. The molecule has 1 heterocycles. The van der Waals surface area contributed by atoms with Crippen molar-refractivity contribution < 1.29 is 18.0 Å². The van der Waals surface area contributed by atoms with Gasteiger partial charge in [-0.15, -0.1) is 0 Å². The van der Waals surface area contributed by atoms with Gasteiger partial charge >= 0.3 is 0 Å². The third-order valence-corrected chi connectivity index (χ3v) is 2.72. The van der Waals surface area contributed by atoms with E-state index in [0.29, 0.717) is 24.7 Å². The van der Waals surface area contributed by atoms with E-state index in [1.807, 2.05) is 31.2 Å². The molecule has 0 saturated heterocycles. The Hall–Kier alpha value is -2.02. The monoisotopic (exact) mass is 297 g/mol. The van der Waals surface area contributed by atoms with Crippen LogP contribution in [0.15, 0.2) is 28.8 Å². The van der Waals surface area contributed by atoms with Crippen LogP contribution in [0.5, 0.6) is 0 Å². The van der Waals surface area contributed by atoms with Crippen molar-refractivity contribution in [3.05, 3.63) is 41.5 Å². The topological polar surface area (TPSA) is 60.2 Å². The number of hydrogen-bond acceptors (Lipinski definition) is 5. The highest BCUT2D eigenvalue weighted by molar-refractivity contribution is 5.44. The third-order valence-electron chi connectivity index (χ3n) is 2.72. The van der Waals surface area contributed by atoms with Gasteiger partial charge in [-0.05, 0) is 19.1 Å². The van der Waals surface area contributed by atoms with Crippen LogP contribution >= 0.6 is 0 Å². The Morgan fingerprint density at radius 3 is 2.76 bits per heavy atom. The molecule has 0 aliphatic rings. The highest BCUT2D eigenvalue weighted by Gasteiger charge is 2.07. The Morgan fingerprint density at radius 2 is 2.05 bits per heavy atom. The molecule has 21 heavy (non-hydrogen) atoms. The van der Waals surface area contributed by atoms with Gasteiger partial charge in [0, 0.05) is 12.1 Å². The molecule has 2 aromatic rings. The fourth-order valence-electron chi connectivity index (χ4n) is 1.65. The lowest BCUT2D eigenvalue weighted by molar-refractivity contribution is 0.0182. The third kappa shape index (κ3) is 5.47.